The van der Waals surface area contributed by atoms with Crippen molar-refractivity contribution >= 4 is 45.7 Å². The molecule has 9 heteroatoms. The molecule has 184 valence electrons. The second kappa shape index (κ2) is 10.8. The van der Waals surface area contributed by atoms with Crippen LogP contribution in [0, 0.1) is 33.1 Å². The molecule has 2 aromatic rings. The van der Waals surface area contributed by atoms with E-state index in [0.717, 1.165) is 16.0 Å². The second-order valence-electron chi connectivity index (χ2n) is 9.33. The monoisotopic (exact) mass is 487 g/mol. The predicted molar refractivity (Wildman–Crippen MR) is 134 cm³/mol. The van der Waals surface area contributed by atoms with Crippen molar-refractivity contribution in [3.63, 3.8) is 0 Å². The molecule has 0 bridgehead atoms. The van der Waals surface area contributed by atoms with E-state index in [9.17, 15) is 19.2 Å². The van der Waals surface area contributed by atoms with Crippen molar-refractivity contribution in [1.29, 1.82) is 0 Å². The average Bonchev–Trinajstić information content (AvgIpc) is 3.01. The number of likely N-dealkylation sites (N-methyl/N-ethyl adjacent to an activating group) is 1. The number of hydrogen-bond acceptors (Lipinski definition) is 6. The molecule has 0 aliphatic carbocycles. The lowest BCUT2D eigenvalue weighted by Crippen LogP contribution is -2.37. The fourth-order valence-corrected chi connectivity index (χ4v) is 4.10. The summed E-state index contributed by atoms with van der Waals surface area (Å²) >= 11 is 1.28. The third-order valence-electron chi connectivity index (χ3n) is 5.38. The molecule has 2 rings (SSSR count). The van der Waals surface area contributed by atoms with E-state index in [-0.39, 0.29) is 23.9 Å². The molecule has 1 aromatic heterocycles. The number of thiophene rings is 1. The molecule has 0 saturated heterocycles. The topological polar surface area (TPSA) is 105 Å². The normalized spacial score (nSPS) is 11.1. The van der Waals surface area contributed by atoms with Crippen LogP contribution in [0.4, 0.5) is 10.7 Å². The minimum Gasteiger partial charge on any atom is -0.452 e. The van der Waals surface area contributed by atoms with E-state index in [1.165, 1.54) is 23.3 Å². The summed E-state index contributed by atoms with van der Waals surface area (Å²) in [7, 11) is 1.47. The number of anilines is 2. The zero-order valence-corrected chi connectivity index (χ0v) is 21.9. The van der Waals surface area contributed by atoms with Gasteiger partial charge < -0.3 is 20.3 Å². The molecule has 0 fully saturated rings. The van der Waals surface area contributed by atoms with Crippen LogP contribution in [0.3, 0.4) is 0 Å². The van der Waals surface area contributed by atoms with Gasteiger partial charge in [0.2, 0.25) is 11.8 Å². The molecular formula is C25H33N3O5S. The van der Waals surface area contributed by atoms with E-state index >= 15 is 0 Å². The number of carbonyl (C=O) groups excluding carboxylic acids is 4. The fourth-order valence-electron chi connectivity index (χ4n) is 3.06. The van der Waals surface area contributed by atoms with Gasteiger partial charge in [-0.1, -0.05) is 39.0 Å². The lowest BCUT2D eigenvalue weighted by atomic mass is 9.96. The van der Waals surface area contributed by atoms with Crippen LogP contribution in [0.15, 0.2) is 18.2 Å². The third-order valence-corrected chi connectivity index (χ3v) is 6.50. The maximum absolute atomic E-state index is 12.8. The Morgan fingerprint density at radius 1 is 1.00 bits per heavy atom. The Morgan fingerprint density at radius 3 is 2.15 bits per heavy atom. The van der Waals surface area contributed by atoms with Gasteiger partial charge in [0.1, 0.15) is 5.00 Å². The quantitative estimate of drug-likeness (QED) is 0.569. The molecule has 0 saturated carbocycles. The molecule has 1 heterocycles. The summed E-state index contributed by atoms with van der Waals surface area (Å²) in [5.74, 6) is -1.80. The Balaban J connectivity index is 2.00. The Kier molecular flexibility index (Phi) is 8.61. The minimum atomic E-state index is -0.701. The van der Waals surface area contributed by atoms with Gasteiger partial charge in [-0.05, 0) is 44.4 Å². The summed E-state index contributed by atoms with van der Waals surface area (Å²) in [6, 6.07) is 5.69. The van der Waals surface area contributed by atoms with Crippen LogP contribution in [-0.2, 0) is 19.1 Å². The first kappa shape index (κ1) is 27.0. The molecule has 0 atom stereocenters. The van der Waals surface area contributed by atoms with E-state index < -0.39 is 23.9 Å². The number of esters is 1. The minimum absolute atomic E-state index is 0.187. The van der Waals surface area contributed by atoms with Gasteiger partial charge in [0.15, 0.2) is 6.61 Å². The number of ether oxygens (including phenoxy) is 1. The van der Waals surface area contributed by atoms with Gasteiger partial charge in [-0.3, -0.25) is 14.4 Å². The zero-order chi connectivity index (χ0) is 25.8. The molecule has 3 amide bonds. The summed E-state index contributed by atoms with van der Waals surface area (Å²) in [5, 5.41) is 6.01. The highest BCUT2D eigenvalue weighted by Gasteiger charge is 2.27. The maximum atomic E-state index is 12.8. The lowest BCUT2D eigenvalue weighted by molar-refractivity contribution is -0.136. The first-order chi connectivity index (χ1) is 15.7. The van der Waals surface area contributed by atoms with Crippen molar-refractivity contribution in [3.05, 3.63) is 45.3 Å². The molecule has 0 aliphatic heterocycles. The van der Waals surface area contributed by atoms with E-state index in [4.69, 9.17) is 4.74 Å². The first-order valence-corrected chi connectivity index (χ1v) is 11.7. The first-order valence-electron chi connectivity index (χ1n) is 10.9. The van der Waals surface area contributed by atoms with Gasteiger partial charge in [-0.2, -0.15) is 0 Å². The largest absolute Gasteiger partial charge is 0.452 e. The summed E-state index contributed by atoms with van der Waals surface area (Å²) in [5.41, 5.74) is 2.85. The highest BCUT2D eigenvalue weighted by atomic mass is 32.1. The highest BCUT2D eigenvalue weighted by molar-refractivity contribution is 7.16. The van der Waals surface area contributed by atoms with Crippen LogP contribution in [0.2, 0.25) is 0 Å². The van der Waals surface area contributed by atoms with Crippen molar-refractivity contribution in [1.82, 2.24) is 4.90 Å². The SMILES string of the molecule is Cc1cccc(C)c1NC(=O)CN(C)C(=O)COC(=O)c1c(NC(=O)C(C)(C)C)sc(C)c1C. The number of hydrogen-bond donors (Lipinski definition) is 2. The maximum Gasteiger partial charge on any atom is 0.341 e. The predicted octanol–water partition coefficient (Wildman–Crippen LogP) is 4.22. The summed E-state index contributed by atoms with van der Waals surface area (Å²) in [4.78, 5) is 52.1. The number of nitrogens with one attached hydrogen (secondary N) is 2. The number of carbonyl (C=O) groups is 4. The molecule has 0 unspecified atom stereocenters. The molecule has 0 radical (unpaired) electrons. The Hall–Kier alpha value is -3.20. The van der Waals surface area contributed by atoms with Crippen LogP contribution >= 0.6 is 11.3 Å². The van der Waals surface area contributed by atoms with Crippen molar-refractivity contribution in [3.8, 4) is 0 Å². The van der Waals surface area contributed by atoms with Crippen molar-refractivity contribution in [2.75, 3.05) is 30.8 Å². The van der Waals surface area contributed by atoms with Gasteiger partial charge >= 0.3 is 5.97 Å². The van der Waals surface area contributed by atoms with Crippen molar-refractivity contribution in [2.24, 2.45) is 5.41 Å². The number of nitrogens with zero attached hydrogens (tertiary/aromatic N) is 1. The van der Waals surface area contributed by atoms with Crippen LogP contribution in [0.25, 0.3) is 0 Å². The second-order valence-corrected chi connectivity index (χ2v) is 10.6. The van der Waals surface area contributed by atoms with Gasteiger partial charge in [0, 0.05) is 23.0 Å². The van der Waals surface area contributed by atoms with Gasteiger partial charge in [-0.25, -0.2) is 4.79 Å². The van der Waals surface area contributed by atoms with Gasteiger partial charge in [0.05, 0.1) is 12.1 Å². The Labute approximate surface area is 204 Å². The fraction of sp³-hybridized carbons (Fsp3) is 0.440. The number of amides is 3. The van der Waals surface area contributed by atoms with Crippen molar-refractivity contribution < 1.29 is 23.9 Å². The van der Waals surface area contributed by atoms with Crippen molar-refractivity contribution in [2.45, 2.75) is 48.5 Å². The van der Waals surface area contributed by atoms with Crippen LogP contribution in [-0.4, -0.2) is 48.8 Å². The number of benzene rings is 1. The number of para-hydroxylation sites is 1. The van der Waals surface area contributed by atoms with E-state index in [1.807, 2.05) is 39.0 Å². The molecule has 0 spiro atoms. The summed E-state index contributed by atoms with van der Waals surface area (Å²) < 4.78 is 5.24. The molecular weight excluding hydrogens is 454 g/mol. The average molecular weight is 488 g/mol. The lowest BCUT2D eigenvalue weighted by Gasteiger charge is -2.19. The Bertz CT molecular complexity index is 1090. The number of aryl methyl sites for hydroxylation is 3. The van der Waals surface area contributed by atoms with Gasteiger partial charge in [0.25, 0.3) is 5.91 Å². The highest BCUT2D eigenvalue weighted by Crippen LogP contribution is 2.34. The number of rotatable bonds is 7. The van der Waals surface area contributed by atoms with E-state index in [0.29, 0.717) is 16.3 Å². The van der Waals surface area contributed by atoms with Gasteiger partial charge in [-0.15, -0.1) is 11.3 Å². The third kappa shape index (κ3) is 6.66. The molecule has 0 aliphatic rings. The van der Waals surface area contributed by atoms with Crippen LogP contribution in [0.1, 0.15) is 52.7 Å². The smallest absolute Gasteiger partial charge is 0.341 e. The summed E-state index contributed by atoms with van der Waals surface area (Å²) in [6.45, 7) is 12.0. The molecule has 2 N–H and O–H groups in total. The summed E-state index contributed by atoms with van der Waals surface area (Å²) in [6.07, 6.45) is 0. The Morgan fingerprint density at radius 2 is 1.59 bits per heavy atom. The standard InChI is InChI=1S/C25H33N3O5S/c1-14-10-9-11-15(2)21(14)26-18(29)12-28(8)19(30)13-33-23(31)20-16(3)17(4)34-22(20)27-24(32)25(5,6)7/h9-11H,12-13H2,1-8H3,(H,26,29)(H,27,32). The van der Waals surface area contributed by atoms with Crippen LogP contribution < -0.4 is 10.6 Å². The van der Waals surface area contributed by atoms with E-state index in [2.05, 4.69) is 10.6 Å². The molecule has 8 nitrogen and oxygen atoms in total. The zero-order valence-electron chi connectivity index (χ0n) is 21.0. The molecule has 1 aromatic carbocycles. The van der Waals surface area contributed by atoms with Crippen LogP contribution in [0.5, 0.6) is 0 Å². The molecule has 34 heavy (non-hydrogen) atoms. The van der Waals surface area contributed by atoms with E-state index in [1.54, 1.807) is 27.7 Å².